The topological polar surface area (TPSA) is 88.0 Å². The number of amides is 1. The number of hydrogen-bond acceptors (Lipinski definition) is 5. The van der Waals surface area contributed by atoms with Crippen molar-refractivity contribution in [1.29, 1.82) is 0 Å². The fourth-order valence-electron chi connectivity index (χ4n) is 2.98. The van der Waals surface area contributed by atoms with E-state index in [1.54, 1.807) is 12.1 Å². The molecule has 2 aromatic rings. The van der Waals surface area contributed by atoms with Gasteiger partial charge in [-0.05, 0) is 49.9 Å². The number of hydrogen-bond donors (Lipinski definition) is 3. The molecule has 0 fully saturated rings. The van der Waals surface area contributed by atoms with Crippen LogP contribution in [0.4, 0.5) is 0 Å². The molecule has 1 unspecified atom stereocenters. The lowest BCUT2D eigenvalue weighted by atomic mass is 10.1. The van der Waals surface area contributed by atoms with Gasteiger partial charge in [0.25, 0.3) is 0 Å². The number of phenols is 1. The van der Waals surface area contributed by atoms with Gasteiger partial charge in [-0.15, -0.1) is 0 Å². The third-order valence-electron chi connectivity index (χ3n) is 4.39. The van der Waals surface area contributed by atoms with Crippen LogP contribution in [0.25, 0.3) is 0 Å². The van der Waals surface area contributed by atoms with Crippen LogP contribution in [0.3, 0.4) is 0 Å². The second-order valence-electron chi connectivity index (χ2n) is 6.92. The predicted octanol–water partition coefficient (Wildman–Crippen LogP) is 5.15. The first-order valence-electron chi connectivity index (χ1n) is 12.3. The van der Waals surface area contributed by atoms with Crippen LogP contribution in [-0.2, 0) is 27.1 Å². The fraction of sp³-hybridized carbons (Fsp3) is 0.536. The lowest BCUT2D eigenvalue weighted by molar-refractivity contribution is -0.122. The molecule has 2 aromatic carbocycles. The molecule has 1 amide bonds. The molecule has 0 spiro atoms. The van der Waals surface area contributed by atoms with Crippen molar-refractivity contribution >= 4 is 5.91 Å². The zero-order chi connectivity index (χ0) is 26.2. The highest BCUT2D eigenvalue weighted by atomic mass is 16.5. The van der Waals surface area contributed by atoms with Crippen molar-refractivity contribution in [2.24, 2.45) is 0 Å². The SMILES string of the molecule is CC.CC.CCOC(C)COC[C@H](Cc1ccc(O)cc1)NC(=O)CCc1ccccc1.CO. The van der Waals surface area contributed by atoms with E-state index in [-0.39, 0.29) is 23.8 Å². The van der Waals surface area contributed by atoms with Crippen LogP contribution >= 0.6 is 0 Å². The van der Waals surface area contributed by atoms with Gasteiger partial charge in [0.05, 0.1) is 25.4 Å². The molecule has 6 nitrogen and oxygen atoms in total. The lowest BCUT2D eigenvalue weighted by Gasteiger charge is -2.20. The Balaban J connectivity index is 0. The molecule has 0 aliphatic carbocycles. The number of nitrogens with one attached hydrogen (secondary N) is 1. The van der Waals surface area contributed by atoms with Crippen LogP contribution in [-0.4, -0.2) is 55.2 Å². The number of ether oxygens (including phenoxy) is 2. The highest BCUT2D eigenvalue weighted by molar-refractivity contribution is 5.76. The summed E-state index contributed by atoms with van der Waals surface area (Å²) in [6, 6.07) is 16.9. The van der Waals surface area contributed by atoms with Crippen molar-refractivity contribution in [3.05, 3.63) is 65.7 Å². The molecular formula is C28H47NO5. The number of aliphatic hydroxyl groups is 1. The Morgan fingerprint density at radius 1 is 0.912 bits per heavy atom. The Labute approximate surface area is 207 Å². The largest absolute Gasteiger partial charge is 0.508 e. The third-order valence-corrected chi connectivity index (χ3v) is 4.39. The summed E-state index contributed by atoms with van der Waals surface area (Å²) in [5, 5.41) is 19.5. The number of rotatable bonds is 12. The number of phenolic OH excluding ortho intramolecular Hbond substituents is 1. The minimum atomic E-state index is -0.137. The van der Waals surface area contributed by atoms with Crippen molar-refractivity contribution in [2.45, 2.75) is 73.0 Å². The fourth-order valence-corrected chi connectivity index (χ4v) is 2.98. The quantitative estimate of drug-likeness (QED) is 0.393. The van der Waals surface area contributed by atoms with Crippen LogP contribution in [0.5, 0.6) is 5.75 Å². The predicted molar refractivity (Wildman–Crippen MR) is 141 cm³/mol. The monoisotopic (exact) mass is 477 g/mol. The first-order valence-corrected chi connectivity index (χ1v) is 12.3. The number of aliphatic hydroxyl groups excluding tert-OH is 1. The van der Waals surface area contributed by atoms with Crippen molar-refractivity contribution in [3.8, 4) is 5.75 Å². The zero-order valence-electron chi connectivity index (χ0n) is 22.2. The Bertz CT molecular complexity index is 692. The van der Waals surface area contributed by atoms with Gasteiger partial charge in [-0.3, -0.25) is 4.79 Å². The molecule has 3 N–H and O–H groups in total. The zero-order valence-corrected chi connectivity index (χ0v) is 22.2. The minimum absolute atomic E-state index is 0.00841. The summed E-state index contributed by atoms with van der Waals surface area (Å²) < 4.78 is 11.3. The summed E-state index contributed by atoms with van der Waals surface area (Å²) in [7, 11) is 1.00. The Morgan fingerprint density at radius 3 is 2.06 bits per heavy atom. The molecule has 0 aliphatic heterocycles. The van der Waals surface area contributed by atoms with Crippen molar-refractivity contribution in [3.63, 3.8) is 0 Å². The molecule has 194 valence electrons. The van der Waals surface area contributed by atoms with E-state index in [1.807, 2.05) is 84.0 Å². The number of aryl methyl sites for hydroxylation is 1. The van der Waals surface area contributed by atoms with Crippen LogP contribution in [0.15, 0.2) is 54.6 Å². The molecule has 2 atom stereocenters. The molecule has 0 radical (unpaired) electrons. The van der Waals surface area contributed by atoms with E-state index < -0.39 is 0 Å². The van der Waals surface area contributed by atoms with Gasteiger partial charge in [0.2, 0.25) is 5.91 Å². The number of carbonyl (C=O) groups excluding carboxylic acids is 1. The van der Waals surface area contributed by atoms with E-state index in [0.717, 1.165) is 18.2 Å². The van der Waals surface area contributed by atoms with Gasteiger partial charge >= 0.3 is 0 Å². The highest BCUT2D eigenvalue weighted by Gasteiger charge is 2.15. The Morgan fingerprint density at radius 2 is 1.50 bits per heavy atom. The second kappa shape index (κ2) is 23.7. The summed E-state index contributed by atoms with van der Waals surface area (Å²) in [6.45, 7) is 13.5. The average molecular weight is 478 g/mol. The molecule has 0 saturated heterocycles. The van der Waals surface area contributed by atoms with E-state index in [4.69, 9.17) is 14.6 Å². The first kappa shape index (κ1) is 33.8. The minimum Gasteiger partial charge on any atom is -0.508 e. The summed E-state index contributed by atoms with van der Waals surface area (Å²) >= 11 is 0. The van der Waals surface area contributed by atoms with Crippen molar-refractivity contribution in [2.75, 3.05) is 26.9 Å². The normalized spacial score (nSPS) is 11.3. The lowest BCUT2D eigenvalue weighted by Crippen LogP contribution is -2.40. The van der Waals surface area contributed by atoms with Crippen LogP contribution < -0.4 is 5.32 Å². The summed E-state index contributed by atoms with van der Waals surface area (Å²) in [5.74, 6) is 0.239. The van der Waals surface area contributed by atoms with Gasteiger partial charge in [-0.25, -0.2) is 0 Å². The van der Waals surface area contributed by atoms with E-state index in [9.17, 15) is 9.90 Å². The molecule has 0 heterocycles. The van der Waals surface area contributed by atoms with Crippen LogP contribution in [0, 0.1) is 0 Å². The Hall–Kier alpha value is -2.41. The standard InChI is InChI=1S/C23H31NO4.2C2H6.CH4O/c1-3-28-18(2)16-27-17-21(15-20-9-12-22(25)13-10-20)24-23(26)14-11-19-7-5-4-6-8-19;3*1-2/h4-10,12-13,18,21,25H,3,11,14-17H2,1-2H3,(H,24,26);2*1-2H3;2H,1H3/t18?,21-;;;/m0.../s1. The van der Waals surface area contributed by atoms with Gasteiger partial charge in [-0.1, -0.05) is 70.2 Å². The maximum absolute atomic E-state index is 12.4. The maximum atomic E-state index is 12.4. The van der Waals surface area contributed by atoms with E-state index in [2.05, 4.69) is 5.32 Å². The molecule has 2 rings (SSSR count). The van der Waals surface area contributed by atoms with Gasteiger partial charge in [0.1, 0.15) is 5.75 Å². The van der Waals surface area contributed by atoms with Gasteiger partial charge in [-0.2, -0.15) is 0 Å². The highest BCUT2D eigenvalue weighted by Crippen LogP contribution is 2.12. The molecule has 0 aliphatic rings. The van der Waals surface area contributed by atoms with E-state index in [0.29, 0.717) is 39.1 Å². The maximum Gasteiger partial charge on any atom is 0.220 e. The van der Waals surface area contributed by atoms with E-state index >= 15 is 0 Å². The molecule has 34 heavy (non-hydrogen) atoms. The molecule has 6 heteroatoms. The first-order chi connectivity index (χ1) is 16.6. The second-order valence-corrected chi connectivity index (χ2v) is 6.92. The molecule has 0 aromatic heterocycles. The van der Waals surface area contributed by atoms with Gasteiger partial charge in [0.15, 0.2) is 0 Å². The average Bonchev–Trinajstić information content (AvgIpc) is 2.88. The summed E-state index contributed by atoms with van der Waals surface area (Å²) in [6.07, 6.45) is 1.81. The van der Waals surface area contributed by atoms with Crippen molar-refractivity contribution < 1.29 is 24.5 Å². The summed E-state index contributed by atoms with van der Waals surface area (Å²) in [4.78, 5) is 12.4. The molecule has 0 saturated carbocycles. The smallest absolute Gasteiger partial charge is 0.220 e. The molecule has 0 bridgehead atoms. The van der Waals surface area contributed by atoms with E-state index in [1.165, 1.54) is 0 Å². The Kier molecular flexibility index (Phi) is 23.6. The number of benzene rings is 2. The number of carbonyl (C=O) groups is 1. The summed E-state index contributed by atoms with van der Waals surface area (Å²) in [5.41, 5.74) is 2.18. The molecular weight excluding hydrogens is 430 g/mol. The van der Waals surface area contributed by atoms with Gasteiger partial charge < -0.3 is 25.0 Å². The van der Waals surface area contributed by atoms with Gasteiger partial charge in [0, 0.05) is 20.1 Å². The number of aromatic hydroxyl groups is 1. The third kappa shape index (κ3) is 17.1. The van der Waals surface area contributed by atoms with Crippen LogP contribution in [0.2, 0.25) is 0 Å². The van der Waals surface area contributed by atoms with Crippen molar-refractivity contribution in [1.82, 2.24) is 5.32 Å². The van der Waals surface area contributed by atoms with Crippen LogP contribution in [0.1, 0.15) is 59.1 Å².